The maximum atomic E-state index is 4.78. The van der Waals surface area contributed by atoms with E-state index in [1.807, 2.05) is 0 Å². The first-order valence-corrected chi connectivity index (χ1v) is 7.27. The quantitative estimate of drug-likeness (QED) is 0.685. The molecule has 0 aliphatic heterocycles. The van der Waals surface area contributed by atoms with Crippen LogP contribution in [0.15, 0.2) is 48.5 Å². The van der Waals surface area contributed by atoms with Gasteiger partial charge < -0.3 is 4.57 Å². The second kappa shape index (κ2) is 5.49. The van der Waals surface area contributed by atoms with Crippen LogP contribution in [0.1, 0.15) is 30.3 Å². The van der Waals surface area contributed by atoms with Crippen LogP contribution in [-0.4, -0.2) is 9.55 Å². The summed E-state index contributed by atoms with van der Waals surface area (Å²) in [5, 5.41) is 0. The summed E-state index contributed by atoms with van der Waals surface area (Å²) in [5.41, 5.74) is 4.97. The number of fused-ring (bicyclic) bond motifs is 1. The van der Waals surface area contributed by atoms with Crippen LogP contribution in [0.25, 0.3) is 11.0 Å². The molecule has 3 aromatic rings. The number of hydrogen-bond acceptors (Lipinski definition) is 1. The lowest BCUT2D eigenvalue weighted by atomic mass is 10.1. The zero-order valence-electron chi connectivity index (χ0n) is 12.1. The lowest BCUT2D eigenvalue weighted by molar-refractivity contribution is 0.721. The number of rotatable bonds is 4. The van der Waals surface area contributed by atoms with E-state index in [1.54, 1.807) is 0 Å². The van der Waals surface area contributed by atoms with E-state index in [2.05, 4.69) is 66.9 Å². The van der Waals surface area contributed by atoms with Gasteiger partial charge in [-0.3, -0.25) is 0 Å². The predicted molar refractivity (Wildman–Crippen MR) is 84.0 cm³/mol. The van der Waals surface area contributed by atoms with Gasteiger partial charge in [0.1, 0.15) is 5.82 Å². The summed E-state index contributed by atoms with van der Waals surface area (Å²) in [7, 11) is 0. The van der Waals surface area contributed by atoms with E-state index in [4.69, 9.17) is 4.98 Å². The van der Waals surface area contributed by atoms with Crippen molar-refractivity contribution in [3.63, 3.8) is 0 Å². The van der Waals surface area contributed by atoms with Crippen molar-refractivity contribution in [2.75, 3.05) is 0 Å². The van der Waals surface area contributed by atoms with Crippen LogP contribution in [0.3, 0.4) is 0 Å². The standard InChI is InChI=1S/C18H20N2/c1-3-6-18-19-16-7-4-5-8-17(16)20(18)13-15-11-9-14(2)10-12-15/h4-5,7-12H,3,6,13H2,1-2H3. The zero-order chi connectivity index (χ0) is 13.9. The number of hydrogen-bond donors (Lipinski definition) is 0. The van der Waals surface area contributed by atoms with Gasteiger partial charge in [-0.25, -0.2) is 4.98 Å². The first-order valence-electron chi connectivity index (χ1n) is 7.27. The Balaban J connectivity index is 2.04. The van der Waals surface area contributed by atoms with Crippen LogP contribution < -0.4 is 0 Å². The molecule has 0 fully saturated rings. The summed E-state index contributed by atoms with van der Waals surface area (Å²) in [5.74, 6) is 1.19. The topological polar surface area (TPSA) is 17.8 Å². The number of nitrogens with zero attached hydrogens (tertiary/aromatic N) is 2. The van der Waals surface area contributed by atoms with E-state index >= 15 is 0 Å². The fourth-order valence-electron chi connectivity index (χ4n) is 2.59. The third-order valence-electron chi connectivity index (χ3n) is 3.67. The Morgan fingerprint density at radius 3 is 2.50 bits per heavy atom. The lowest BCUT2D eigenvalue weighted by Gasteiger charge is -2.09. The third-order valence-corrected chi connectivity index (χ3v) is 3.67. The van der Waals surface area contributed by atoms with Crippen molar-refractivity contribution in [1.29, 1.82) is 0 Å². The SMILES string of the molecule is CCCc1nc2ccccc2n1Cc1ccc(C)cc1. The molecule has 0 unspecified atom stereocenters. The molecule has 0 bridgehead atoms. The molecular weight excluding hydrogens is 244 g/mol. The van der Waals surface area contributed by atoms with E-state index in [0.717, 1.165) is 24.9 Å². The van der Waals surface area contributed by atoms with E-state index in [-0.39, 0.29) is 0 Å². The van der Waals surface area contributed by atoms with Crippen molar-refractivity contribution in [2.45, 2.75) is 33.2 Å². The van der Waals surface area contributed by atoms with Gasteiger partial charge in [0.05, 0.1) is 11.0 Å². The first-order chi connectivity index (χ1) is 9.78. The molecule has 0 saturated heterocycles. The molecule has 20 heavy (non-hydrogen) atoms. The van der Waals surface area contributed by atoms with Crippen molar-refractivity contribution < 1.29 is 0 Å². The molecule has 102 valence electrons. The van der Waals surface area contributed by atoms with Gasteiger partial charge >= 0.3 is 0 Å². The Bertz CT molecular complexity index is 708. The second-order valence-corrected chi connectivity index (χ2v) is 5.34. The van der Waals surface area contributed by atoms with Crippen LogP contribution in [0.2, 0.25) is 0 Å². The Morgan fingerprint density at radius 2 is 1.75 bits per heavy atom. The molecule has 0 aliphatic carbocycles. The Labute approximate surface area is 120 Å². The van der Waals surface area contributed by atoms with Gasteiger partial charge in [0.25, 0.3) is 0 Å². The molecule has 2 heteroatoms. The summed E-state index contributed by atoms with van der Waals surface area (Å²) >= 11 is 0. The van der Waals surface area contributed by atoms with E-state index in [1.165, 1.54) is 22.5 Å². The number of aryl methyl sites for hydroxylation is 2. The largest absolute Gasteiger partial charge is 0.323 e. The second-order valence-electron chi connectivity index (χ2n) is 5.34. The van der Waals surface area contributed by atoms with E-state index < -0.39 is 0 Å². The maximum Gasteiger partial charge on any atom is 0.110 e. The molecular formula is C18H20N2. The van der Waals surface area contributed by atoms with Crippen molar-refractivity contribution in [1.82, 2.24) is 9.55 Å². The van der Waals surface area contributed by atoms with E-state index in [0.29, 0.717) is 0 Å². The highest BCUT2D eigenvalue weighted by atomic mass is 15.1. The minimum atomic E-state index is 0.899. The fraction of sp³-hybridized carbons (Fsp3) is 0.278. The number of imidazole rings is 1. The molecule has 2 aromatic carbocycles. The van der Waals surface area contributed by atoms with Crippen molar-refractivity contribution in [3.05, 3.63) is 65.5 Å². The first kappa shape index (κ1) is 12.9. The summed E-state index contributed by atoms with van der Waals surface area (Å²) in [6.45, 7) is 5.23. The molecule has 0 saturated carbocycles. The van der Waals surface area contributed by atoms with Gasteiger partial charge in [0.15, 0.2) is 0 Å². The molecule has 1 heterocycles. The molecule has 2 nitrogen and oxygen atoms in total. The van der Waals surface area contributed by atoms with Crippen LogP contribution in [0.4, 0.5) is 0 Å². The summed E-state index contributed by atoms with van der Waals surface area (Å²) in [4.78, 5) is 4.78. The maximum absolute atomic E-state index is 4.78. The highest BCUT2D eigenvalue weighted by Crippen LogP contribution is 2.19. The smallest absolute Gasteiger partial charge is 0.110 e. The van der Waals surface area contributed by atoms with Crippen LogP contribution in [0.5, 0.6) is 0 Å². The highest BCUT2D eigenvalue weighted by molar-refractivity contribution is 5.76. The molecule has 0 amide bonds. The van der Waals surface area contributed by atoms with Crippen molar-refractivity contribution in [3.8, 4) is 0 Å². The lowest BCUT2D eigenvalue weighted by Crippen LogP contribution is -2.05. The predicted octanol–water partition coefficient (Wildman–Crippen LogP) is 4.35. The minimum Gasteiger partial charge on any atom is -0.323 e. The summed E-state index contributed by atoms with van der Waals surface area (Å²) < 4.78 is 2.35. The molecule has 3 rings (SSSR count). The Hall–Kier alpha value is -2.09. The average Bonchev–Trinajstić information content (AvgIpc) is 2.80. The number of para-hydroxylation sites is 2. The number of benzene rings is 2. The molecule has 0 spiro atoms. The molecule has 0 N–H and O–H groups in total. The minimum absolute atomic E-state index is 0.899. The van der Waals surface area contributed by atoms with E-state index in [9.17, 15) is 0 Å². The van der Waals surface area contributed by atoms with Crippen LogP contribution in [-0.2, 0) is 13.0 Å². The van der Waals surface area contributed by atoms with Gasteiger partial charge in [-0.1, -0.05) is 48.9 Å². The van der Waals surface area contributed by atoms with Crippen molar-refractivity contribution >= 4 is 11.0 Å². The van der Waals surface area contributed by atoms with Crippen LogP contribution in [0, 0.1) is 6.92 Å². The molecule has 0 atom stereocenters. The average molecular weight is 264 g/mol. The Kier molecular flexibility index (Phi) is 3.55. The van der Waals surface area contributed by atoms with Gasteiger partial charge in [-0.05, 0) is 31.0 Å². The Morgan fingerprint density at radius 1 is 1.00 bits per heavy atom. The summed E-state index contributed by atoms with van der Waals surface area (Å²) in [6, 6.07) is 17.2. The van der Waals surface area contributed by atoms with Gasteiger partial charge in [-0.2, -0.15) is 0 Å². The third kappa shape index (κ3) is 2.46. The molecule has 0 radical (unpaired) electrons. The number of aromatic nitrogens is 2. The molecule has 0 aliphatic rings. The normalized spacial score (nSPS) is 11.1. The monoisotopic (exact) mass is 264 g/mol. The highest BCUT2D eigenvalue weighted by Gasteiger charge is 2.09. The van der Waals surface area contributed by atoms with Gasteiger partial charge in [0, 0.05) is 13.0 Å². The zero-order valence-corrected chi connectivity index (χ0v) is 12.1. The van der Waals surface area contributed by atoms with Crippen molar-refractivity contribution in [2.24, 2.45) is 0 Å². The summed E-state index contributed by atoms with van der Waals surface area (Å²) in [6.07, 6.45) is 2.15. The molecule has 1 aromatic heterocycles. The fourth-order valence-corrected chi connectivity index (χ4v) is 2.59. The van der Waals surface area contributed by atoms with Gasteiger partial charge in [0.2, 0.25) is 0 Å². The van der Waals surface area contributed by atoms with Crippen LogP contribution >= 0.6 is 0 Å². The van der Waals surface area contributed by atoms with Gasteiger partial charge in [-0.15, -0.1) is 0 Å².